The Morgan fingerprint density at radius 2 is 2.00 bits per heavy atom. The zero-order chi connectivity index (χ0) is 13.7. The molecule has 96 valence electrons. The van der Waals surface area contributed by atoms with Gasteiger partial charge in [-0.15, -0.1) is 0 Å². The van der Waals surface area contributed by atoms with E-state index in [1.807, 2.05) is 26.0 Å². The van der Waals surface area contributed by atoms with E-state index in [1.54, 1.807) is 13.2 Å². The summed E-state index contributed by atoms with van der Waals surface area (Å²) in [5.41, 5.74) is 8.25. The summed E-state index contributed by atoms with van der Waals surface area (Å²) in [6, 6.07) is 4.71. The van der Waals surface area contributed by atoms with Crippen molar-refractivity contribution in [3.63, 3.8) is 0 Å². The van der Waals surface area contributed by atoms with Gasteiger partial charge in [-0.1, -0.05) is 12.1 Å². The highest BCUT2D eigenvalue weighted by Crippen LogP contribution is 2.22. The fourth-order valence-electron chi connectivity index (χ4n) is 1.46. The van der Waals surface area contributed by atoms with E-state index in [1.165, 1.54) is 12.1 Å². The minimum atomic E-state index is -0.981. The smallest absolute Gasteiger partial charge is 0.335 e. The van der Waals surface area contributed by atoms with Gasteiger partial charge in [0.25, 0.3) is 0 Å². The molecule has 0 aliphatic carbocycles. The summed E-state index contributed by atoms with van der Waals surface area (Å²) in [6.45, 7) is 3.76. The molecule has 4 heteroatoms. The summed E-state index contributed by atoms with van der Waals surface area (Å²) >= 11 is 0. The Labute approximate surface area is 106 Å². The minimum absolute atomic E-state index is 0.188. The largest absolute Gasteiger partial charge is 0.501 e. The van der Waals surface area contributed by atoms with Gasteiger partial charge >= 0.3 is 5.97 Å². The molecule has 0 atom stereocenters. The number of methoxy groups -OCH3 is 1. The van der Waals surface area contributed by atoms with Gasteiger partial charge in [-0.2, -0.15) is 0 Å². The molecular formula is C14H17NO3. The first-order valence-electron chi connectivity index (χ1n) is 5.48. The Morgan fingerprint density at radius 1 is 1.33 bits per heavy atom. The molecule has 4 nitrogen and oxygen atoms in total. The van der Waals surface area contributed by atoms with Gasteiger partial charge in [0.15, 0.2) is 0 Å². The van der Waals surface area contributed by atoms with Crippen molar-refractivity contribution in [2.45, 2.75) is 13.8 Å². The third-order valence-corrected chi connectivity index (χ3v) is 2.61. The van der Waals surface area contributed by atoms with Crippen LogP contribution in [0.2, 0.25) is 0 Å². The van der Waals surface area contributed by atoms with Crippen molar-refractivity contribution in [3.05, 3.63) is 47.2 Å². The fraction of sp³-hybridized carbons (Fsp3) is 0.214. The normalized spacial score (nSPS) is 12.4. The summed E-state index contributed by atoms with van der Waals surface area (Å²) < 4.78 is 5.02. The lowest BCUT2D eigenvalue weighted by Crippen LogP contribution is -2.00. The molecule has 0 aliphatic heterocycles. The molecule has 0 heterocycles. The number of ether oxygens (including phenoxy) is 1. The second-order valence-electron chi connectivity index (χ2n) is 3.94. The second-order valence-corrected chi connectivity index (χ2v) is 3.94. The number of rotatable bonds is 4. The quantitative estimate of drug-likeness (QED) is 0.487. The lowest BCUT2D eigenvalue weighted by molar-refractivity contribution is 0.0697. The van der Waals surface area contributed by atoms with Gasteiger partial charge < -0.3 is 15.6 Å². The van der Waals surface area contributed by atoms with E-state index < -0.39 is 5.97 Å². The number of anilines is 1. The standard InChI is InChI=1S/C14H17NO3/c1-9(4-5-10(2)18-3)12-7-6-11(14(16)17)8-13(12)15/h4-8H,15H2,1-3H3,(H,16,17)/b9-4+,10-5+. The van der Waals surface area contributed by atoms with Crippen LogP contribution in [-0.4, -0.2) is 18.2 Å². The van der Waals surface area contributed by atoms with Gasteiger partial charge in [0.1, 0.15) is 0 Å². The van der Waals surface area contributed by atoms with Crippen molar-refractivity contribution in [2.75, 3.05) is 12.8 Å². The maximum atomic E-state index is 10.8. The van der Waals surface area contributed by atoms with Crippen LogP contribution in [0, 0.1) is 0 Å². The first kappa shape index (κ1) is 13.8. The lowest BCUT2D eigenvalue weighted by atomic mass is 10.0. The van der Waals surface area contributed by atoms with Crippen LogP contribution in [0.15, 0.2) is 36.1 Å². The molecule has 18 heavy (non-hydrogen) atoms. The molecule has 0 bridgehead atoms. The van der Waals surface area contributed by atoms with Gasteiger partial charge in [-0.25, -0.2) is 4.79 Å². The third kappa shape index (κ3) is 3.38. The van der Waals surface area contributed by atoms with Crippen LogP contribution in [0.5, 0.6) is 0 Å². The zero-order valence-corrected chi connectivity index (χ0v) is 10.7. The Bertz CT molecular complexity index is 516. The van der Waals surface area contributed by atoms with E-state index >= 15 is 0 Å². The molecule has 0 aromatic heterocycles. The van der Waals surface area contributed by atoms with Crippen LogP contribution in [0.1, 0.15) is 29.8 Å². The Balaban J connectivity index is 3.07. The van der Waals surface area contributed by atoms with Crippen molar-refractivity contribution >= 4 is 17.2 Å². The third-order valence-electron chi connectivity index (χ3n) is 2.61. The van der Waals surface area contributed by atoms with Crippen molar-refractivity contribution in [1.29, 1.82) is 0 Å². The molecule has 0 saturated carbocycles. The number of benzene rings is 1. The van der Waals surface area contributed by atoms with Crippen molar-refractivity contribution in [3.8, 4) is 0 Å². The maximum absolute atomic E-state index is 10.8. The highest BCUT2D eigenvalue weighted by molar-refractivity contribution is 5.90. The van der Waals surface area contributed by atoms with E-state index in [0.717, 1.165) is 16.9 Å². The highest BCUT2D eigenvalue weighted by Gasteiger charge is 2.06. The Kier molecular flexibility index (Phi) is 4.54. The van der Waals surface area contributed by atoms with Crippen molar-refractivity contribution < 1.29 is 14.6 Å². The minimum Gasteiger partial charge on any atom is -0.501 e. The predicted octanol–water partition coefficient (Wildman–Crippen LogP) is 2.92. The van der Waals surface area contributed by atoms with E-state index in [-0.39, 0.29) is 5.56 Å². The van der Waals surface area contributed by atoms with Crippen LogP contribution in [-0.2, 0) is 4.74 Å². The number of aromatic carboxylic acids is 1. The van der Waals surface area contributed by atoms with Gasteiger partial charge in [0, 0.05) is 11.3 Å². The molecular weight excluding hydrogens is 230 g/mol. The van der Waals surface area contributed by atoms with Crippen LogP contribution >= 0.6 is 0 Å². The van der Waals surface area contributed by atoms with Crippen LogP contribution in [0.4, 0.5) is 5.69 Å². The average Bonchev–Trinajstić information content (AvgIpc) is 2.35. The van der Waals surface area contributed by atoms with Gasteiger partial charge in [0.05, 0.1) is 18.4 Å². The molecule has 0 radical (unpaired) electrons. The molecule has 0 saturated heterocycles. The highest BCUT2D eigenvalue weighted by atomic mass is 16.5. The summed E-state index contributed by atoms with van der Waals surface area (Å²) in [6.07, 6.45) is 3.71. The number of carbonyl (C=O) groups is 1. The fourth-order valence-corrected chi connectivity index (χ4v) is 1.46. The topological polar surface area (TPSA) is 72.5 Å². The first-order chi connectivity index (χ1) is 8.45. The summed E-state index contributed by atoms with van der Waals surface area (Å²) in [5, 5.41) is 8.85. The summed E-state index contributed by atoms with van der Waals surface area (Å²) in [5.74, 6) is -0.194. The number of allylic oxidation sites excluding steroid dienone is 4. The first-order valence-corrected chi connectivity index (χ1v) is 5.48. The molecule has 1 aromatic rings. The lowest BCUT2D eigenvalue weighted by Gasteiger charge is -2.06. The number of carboxylic acid groups (broad SMARTS) is 1. The molecule has 0 amide bonds. The number of carboxylic acids is 1. The Morgan fingerprint density at radius 3 is 2.50 bits per heavy atom. The molecule has 1 rings (SSSR count). The number of nitrogens with two attached hydrogens (primary N) is 1. The van der Waals surface area contributed by atoms with Crippen molar-refractivity contribution in [2.24, 2.45) is 0 Å². The van der Waals surface area contributed by atoms with Crippen LogP contribution < -0.4 is 5.73 Å². The maximum Gasteiger partial charge on any atom is 0.335 e. The van der Waals surface area contributed by atoms with Gasteiger partial charge in [-0.3, -0.25) is 0 Å². The van der Waals surface area contributed by atoms with E-state index in [0.29, 0.717) is 5.69 Å². The SMILES string of the molecule is CO/C(C)=C/C=C(\C)c1ccc(C(=O)O)cc1N. The number of nitrogen functional groups attached to an aromatic ring is 1. The van der Waals surface area contributed by atoms with E-state index in [9.17, 15) is 4.79 Å². The molecule has 0 spiro atoms. The Hall–Kier alpha value is -2.23. The van der Waals surface area contributed by atoms with Gasteiger partial charge in [0.2, 0.25) is 0 Å². The average molecular weight is 247 g/mol. The second kappa shape index (κ2) is 5.91. The van der Waals surface area contributed by atoms with E-state index in [4.69, 9.17) is 15.6 Å². The molecule has 0 fully saturated rings. The molecule has 3 N–H and O–H groups in total. The summed E-state index contributed by atoms with van der Waals surface area (Å²) in [4.78, 5) is 10.8. The van der Waals surface area contributed by atoms with Crippen LogP contribution in [0.3, 0.4) is 0 Å². The van der Waals surface area contributed by atoms with E-state index in [2.05, 4.69) is 0 Å². The number of hydrogen-bond acceptors (Lipinski definition) is 3. The molecule has 0 aliphatic rings. The van der Waals surface area contributed by atoms with Gasteiger partial charge in [-0.05, 0) is 37.6 Å². The molecule has 1 aromatic carbocycles. The predicted molar refractivity (Wildman–Crippen MR) is 72.2 cm³/mol. The summed E-state index contributed by atoms with van der Waals surface area (Å²) in [7, 11) is 1.60. The molecule has 0 unspecified atom stereocenters. The van der Waals surface area contributed by atoms with Crippen molar-refractivity contribution in [1.82, 2.24) is 0 Å². The zero-order valence-electron chi connectivity index (χ0n) is 10.7. The monoisotopic (exact) mass is 247 g/mol. The number of hydrogen-bond donors (Lipinski definition) is 2. The van der Waals surface area contributed by atoms with Crippen LogP contribution in [0.25, 0.3) is 5.57 Å².